The van der Waals surface area contributed by atoms with Crippen molar-refractivity contribution in [1.82, 2.24) is 4.90 Å². The van der Waals surface area contributed by atoms with Gasteiger partial charge in [-0.3, -0.25) is 4.90 Å². The van der Waals surface area contributed by atoms with Gasteiger partial charge in [0.05, 0.1) is 13.2 Å². The van der Waals surface area contributed by atoms with Crippen LogP contribution in [0.25, 0.3) is 0 Å². The monoisotopic (exact) mass is 272 g/mol. The summed E-state index contributed by atoms with van der Waals surface area (Å²) in [5.74, 6) is 0.870. The quantitative estimate of drug-likeness (QED) is 0.659. The molecule has 0 aromatic carbocycles. The second-order valence-electron chi connectivity index (χ2n) is 5.65. The van der Waals surface area contributed by atoms with Gasteiger partial charge in [0, 0.05) is 39.9 Å². The average Bonchev–Trinajstić information content (AvgIpc) is 2.46. The average molecular weight is 272 g/mol. The number of nitrogens with zero attached hydrogens (tertiary/aromatic N) is 1. The number of nitrogens with two attached hydrogens (primary N) is 1. The highest BCUT2D eigenvalue weighted by molar-refractivity contribution is 4.78. The molecular weight excluding hydrogens is 240 g/mol. The zero-order valence-electron chi connectivity index (χ0n) is 12.8. The van der Waals surface area contributed by atoms with E-state index in [0.717, 1.165) is 38.8 Å². The molecule has 0 saturated heterocycles. The van der Waals surface area contributed by atoms with E-state index in [-0.39, 0.29) is 0 Å². The molecule has 0 radical (unpaired) electrons. The van der Waals surface area contributed by atoms with E-state index in [1.807, 2.05) is 0 Å². The van der Waals surface area contributed by atoms with Crippen LogP contribution < -0.4 is 5.73 Å². The molecule has 1 unspecified atom stereocenters. The maximum atomic E-state index is 6.01. The Hall–Kier alpha value is -0.160. The van der Waals surface area contributed by atoms with Crippen LogP contribution in [0.15, 0.2) is 0 Å². The predicted octanol–water partition coefficient (Wildman–Crippen LogP) is 1.88. The topological polar surface area (TPSA) is 47.7 Å². The van der Waals surface area contributed by atoms with E-state index in [0.29, 0.717) is 6.04 Å². The van der Waals surface area contributed by atoms with Crippen molar-refractivity contribution in [2.45, 2.75) is 44.6 Å². The van der Waals surface area contributed by atoms with Gasteiger partial charge in [0.15, 0.2) is 0 Å². The molecule has 1 rings (SSSR count). The van der Waals surface area contributed by atoms with Crippen molar-refractivity contribution in [3.05, 3.63) is 0 Å². The summed E-state index contributed by atoms with van der Waals surface area (Å²) in [7, 11) is 3.51. The molecule has 0 spiro atoms. The first-order chi connectivity index (χ1) is 9.31. The van der Waals surface area contributed by atoms with E-state index in [9.17, 15) is 0 Å². The molecule has 1 aliphatic rings. The number of rotatable bonds is 10. The van der Waals surface area contributed by atoms with E-state index in [4.69, 9.17) is 15.2 Å². The number of hydrogen-bond acceptors (Lipinski definition) is 4. The molecule has 0 aliphatic heterocycles. The van der Waals surface area contributed by atoms with Crippen LogP contribution in [0, 0.1) is 5.92 Å². The van der Waals surface area contributed by atoms with Gasteiger partial charge < -0.3 is 15.2 Å². The summed E-state index contributed by atoms with van der Waals surface area (Å²) in [6.45, 7) is 4.18. The van der Waals surface area contributed by atoms with E-state index < -0.39 is 0 Å². The molecule has 19 heavy (non-hydrogen) atoms. The van der Waals surface area contributed by atoms with Crippen LogP contribution in [-0.2, 0) is 9.47 Å². The van der Waals surface area contributed by atoms with Crippen LogP contribution in [0.1, 0.15) is 38.5 Å². The van der Waals surface area contributed by atoms with Gasteiger partial charge in [-0.1, -0.05) is 32.1 Å². The zero-order chi connectivity index (χ0) is 13.9. The molecule has 0 aromatic heterocycles. The van der Waals surface area contributed by atoms with Gasteiger partial charge in [-0.25, -0.2) is 0 Å². The first kappa shape index (κ1) is 16.9. The zero-order valence-corrected chi connectivity index (χ0v) is 12.8. The molecule has 2 N–H and O–H groups in total. The Morgan fingerprint density at radius 1 is 1.05 bits per heavy atom. The minimum Gasteiger partial charge on any atom is -0.383 e. The highest BCUT2D eigenvalue weighted by Crippen LogP contribution is 2.28. The van der Waals surface area contributed by atoms with Gasteiger partial charge in [-0.05, 0) is 12.3 Å². The van der Waals surface area contributed by atoms with Crippen molar-refractivity contribution in [2.75, 3.05) is 47.1 Å². The first-order valence-corrected chi connectivity index (χ1v) is 7.73. The highest BCUT2D eigenvalue weighted by atomic mass is 16.5. The van der Waals surface area contributed by atoms with Crippen molar-refractivity contribution in [3.63, 3.8) is 0 Å². The fraction of sp³-hybridized carbons (Fsp3) is 1.00. The van der Waals surface area contributed by atoms with Gasteiger partial charge >= 0.3 is 0 Å². The molecule has 1 atom stereocenters. The smallest absolute Gasteiger partial charge is 0.0589 e. The lowest BCUT2D eigenvalue weighted by Crippen LogP contribution is -2.45. The Balaban J connectivity index is 2.44. The summed E-state index contributed by atoms with van der Waals surface area (Å²) in [6, 6.07) is 0.480. The SMILES string of the molecule is COCCN(CCOC)C(CN)CC1CCCCC1. The summed E-state index contributed by atoms with van der Waals surface area (Å²) in [4.78, 5) is 2.45. The minimum absolute atomic E-state index is 0.480. The van der Waals surface area contributed by atoms with Gasteiger partial charge in [0.2, 0.25) is 0 Å². The number of hydrogen-bond donors (Lipinski definition) is 1. The van der Waals surface area contributed by atoms with Crippen LogP contribution in [0.5, 0.6) is 0 Å². The predicted molar refractivity (Wildman–Crippen MR) is 79.4 cm³/mol. The molecule has 0 bridgehead atoms. The van der Waals surface area contributed by atoms with Crippen LogP contribution >= 0.6 is 0 Å². The third-order valence-electron chi connectivity index (χ3n) is 4.28. The molecule has 0 aromatic rings. The third kappa shape index (κ3) is 6.70. The van der Waals surface area contributed by atoms with Crippen molar-refractivity contribution in [1.29, 1.82) is 0 Å². The van der Waals surface area contributed by atoms with Crippen LogP contribution in [0.2, 0.25) is 0 Å². The number of ether oxygens (including phenoxy) is 2. The maximum Gasteiger partial charge on any atom is 0.0589 e. The molecule has 0 amide bonds. The Kier molecular flexibility index (Phi) is 9.43. The molecule has 1 saturated carbocycles. The molecule has 1 aliphatic carbocycles. The highest BCUT2D eigenvalue weighted by Gasteiger charge is 2.22. The molecule has 114 valence electrons. The summed E-state index contributed by atoms with van der Waals surface area (Å²) in [5, 5.41) is 0. The van der Waals surface area contributed by atoms with E-state index in [1.54, 1.807) is 14.2 Å². The van der Waals surface area contributed by atoms with Crippen molar-refractivity contribution in [3.8, 4) is 0 Å². The Morgan fingerprint density at radius 3 is 2.11 bits per heavy atom. The largest absolute Gasteiger partial charge is 0.383 e. The molecule has 4 heteroatoms. The molecule has 4 nitrogen and oxygen atoms in total. The molecule has 1 fully saturated rings. The van der Waals surface area contributed by atoms with E-state index in [1.165, 1.54) is 38.5 Å². The lowest BCUT2D eigenvalue weighted by atomic mass is 9.84. The summed E-state index contributed by atoms with van der Waals surface area (Å²) in [6.07, 6.45) is 8.23. The summed E-state index contributed by atoms with van der Waals surface area (Å²) < 4.78 is 10.4. The van der Waals surface area contributed by atoms with Crippen molar-refractivity contribution >= 4 is 0 Å². The summed E-state index contributed by atoms with van der Waals surface area (Å²) in [5.41, 5.74) is 6.01. The second kappa shape index (κ2) is 10.6. The lowest BCUT2D eigenvalue weighted by molar-refractivity contribution is 0.0779. The Bertz CT molecular complexity index is 200. The maximum absolute atomic E-state index is 6.01. The van der Waals surface area contributed by atoms with Crippen LogP contribution in [-0.4, -0.2) is 58.0 Å². The van der Waals surface area contributed by atoms with Gasteiger partial charge in [0.1, 0.15) is 0 Å². The number of methoxy groups -OCH3 is 2. The molecule has 0 heterocycles. The van der Waals surface area contributed by atoms with Crippen LogP contribution in [0.3, 0.4) is 0 Å². The van der Waals surface area contributed by atoms with Crippen molar-refractivity contribution < 1.29 is 9.47 Å². The third-order valence-corrected chi connectivity index (χ3v) is 4.28. The first-order valence-electron chi connectivity index (χ1n) is 7.73. The Labute approximate surface area is 118 Å². The van der Waals surface area contributed by atoms with Crippen molar-refractivity contribution in [2.24, 2.45) is 11.7 Å². The molecular formula is C15H32N2O2. The van der Waals surface area contributed by atoms with Gasteiger partial charge in [-0.2, -0.15) is 0 Å². The minimum atomic E-state index is 0.480. The van der Waals surface area contributed by atoms with Gasteiger partial charge in [0.25, 0.3) is 0 Å². The summed E-state index contributed by atoms with van der Waals surface area (Å²) >= 11 is 0. The fourth-order valence-electron chi connectivity index (χ4n) is 3.10. The standard InChI is InChI=1S/C15H32N2O2/c1-18-10-8-17(9-11-19-2)15(13-16)12-14-6-4-3-5-7-14/h14-15H,3-13,16H2,1-2H3. The second-order valence-corrected chi connectivity index (χ2v) is 5.65. The van der Waals surface area contributed by atoms with Crippen LogP contribution in [0.4, 0.5) is 0 Å². The van der Waals surface area contributed by atoms with Gasteiger partial charge in [-0.15, -0.1) is 0 Å². The van der Waals surface area contributed by atoms with E-state index >= 15 is 0 Å². The Morgan fingerprint density at radius 2 is 1.63 bits per heavy atom. The lowest BCUT2D eigenvalue weighted by Gasteiger charge is -2.34. The fourth-order valence-corrected chi connectivity index (χ4v) is 3.10. The normalized spacial score (nSPS) is 18.9. The van der Waals surface area contributed by atoms with E-state index in [2.05, 4.69) is 4.90 Å².